The number of amides is 2. The summed E-state index contributed by atoms with van der Waals surface area (Å²) in [6.45, 7) is 0.302. The fraction of sp³-hybridized carbons (Fsp3) is 0.250. The first-order valence-electron chi connectivity index (χ1n) is 8.42. The Morgan fingerprint density at radius 1 is 0.963 bits per heavy atom. The van der Waals surface area contributed by atoms with Gasteiger partial charge in [0.25, 0.3) is 5.91 Å². The second kappa shape index (κ2) is 7.65. The number of Topliss-reactive ketones (excluding diaryl/α,β-unsaturated/α-hetero) is 1. The van der Waals surface area contributed by atoms with E-state index in [2.05, 4.69) is 0 Å². The van der Waals surface area contributed by atoms with Gasteiger partial charge in [0.15, 0.2) is 0 Å². The van der Waals surface area contributed by atoms with Gasteiger partial charge in [0, 0.05) is 26.7 Å². The van der Waals surface area contributed by atoms with Crippen LogP contribution in [-0.4, -0.2) is 41.0 Å². The van der Waals surface area contributed by atoms with Crippen molar-refractivity contribution in [3.8, 4) is 0 Å². The van der Waals surface area contributed by atoms with Crippen molar-refractivity contribution < 1.29 is 23.2 Å². The predicted octanol–water partition coefficient (Wildman–Crippen LogP) is 2.15. The van der Waals surface area contributed by atoms with Crippen LogP contribution in [0.2, 0.25) is 0 Å². The van der Waals surface area contributed by atoms with E-state index in [1.807, 2.05) is 0 Å². The molecule has 140 valence electrons. The van der Waals surface area contributed by atoms with E-state index < -0.39 is 35.1 Å². The Morgan fingerprint density at radius 2 is 1.41 bits per heavy atom. The van der Waals surface area contributed by atoms with E-state index in [1.54, 1.807) is 24.3 Å². The zero-order chi connectivity index (χ0) is 19.6. The lowest BCUT2D eigenvalue weighted by molar-refractivity contribution is -0.145. The number of ketones is 1. The van der Waals surface area contributed by atoms with Crippen molar-refractivity contribution in [2.45, 2.75) is 13.1 Å². The van der Waals surface area contributed by atoms with Gasteiger partial charge in [-0.25, -0.2) is 8.78 Å². The maximum Gasteiger partial charge on any atom is 0.290 e. The summed E-state index contributed by atoms with van der Waals surface area (Å²) in [5.41, 5.74) is 1.36. The lowest BCUT2D eigenvalue weighted by Crippen LogP contribution is -2.39. The highest BCUT2D eigenvalue weighted by Gasteiger charge is 2.43. The molecule has 2 aromatic carbocycles. The Balaban J connectivity index is 1.85. The molecule has 1 heterocycles. The maximum absolute atomic E-state index is 13.1. The molecule has 27 heavy (non-hydrogen) atoms. The zero-order valence-corrected chi connectivity index (χ0v) is 14.7. The third-order valence-electron chi connectivity index (χ3n) is 4.51. The highest BCUT2D eigenvalue weighted by molar-refractivity contribution is 6.42. The number of carbonyl (C=O) groups is 3. The first kappa shape index (κ1) is 18.7. The minimum atomic E-state index is -1.07. The molecule has 3 rings (SSSR count). The number of hydrogen-bond acceptors (Lipinski definition) is 3. The summed E-state index contributed by atoms with van der Waals surface area (Å²) in [6.07, 6.45) is 0. The largest absolute Gasteiger partial charge is 0.338 e. The molecule has 0 spiro atoms. The van der Waals surface area contributed by atoms with Gasteiger partial charge in [-0.05, 0) is 35.4 Å². The van der Waals surface area contributed by atoms with Crippen LogP contribution in [0.15, 0.2) is 48.5 Å². The molecule has 1 aliphatic heterocycles. The summed E-state index contributed by atoms with van der Waals surface area (Å²) in [6, 6.07) is 11.3. The fourth-order valence-electron chi connectivity index (χ4n) is 3.02. The molecule has 0 saturated carbocycles. The summed E-state index contributed by atoms with van der Waals surface area (Å²) in [7, 11) is 1.47. The van der Waals surface area contributed by atoms with E-state index in [9.17, 15) is 23.2 Å². The fourth-order valence-corrected chi connectivity index (χ4v) is 3.02. The first-order chi connectivity index (χ1) is 12.8. The lowest BCUT2D eigenvalue weighted by Gasteiger charge is -2.25. The molecule has 0 bridgehead atoms. The Labute approximate surface area is 155 Å². The van der Waals surface area contributed by atoms with Crippen molar-refractivity contribution in [2.75, 3.05) is 13.6 Å². The van der Waals surface area contributed by atoms with Crippen molar-refractivity contribution in [1.29, 1.82) is 0 Å². The molecule has 0 aliphatic carbocycles. The van der Waals surface area contributed by atoms with Gasteiger partial charge in [-0.2, -0.15) is 0 Å². The van der Waals surface area contributed by atoms with Crippen LogP contribution in [-0.2, 0) is 27.5 Å². The smallest absolute Gasteiger partial charge is 0.290 e. The molecule has 5 nitrogen and oxygen atoms in total. The highest BCUT2D eigenvalue weighted by atomic mass is 19.1. The van der Waals surface area contributed by atoms with Gasteiger partial charge in [0.1, 0.15) is 17.6 Å². The summed E-state index contributed by atoms with van der Waals surface area (Å²) in [5, 5.41) is 0. The van der Waals surface area contributed by atoms with Gasteiger partial charge in [0.2, 0.25) is 11.7 Å². The highest BCUT2D eigenvalue weighted by Crippen LogP contribution is 2.20. The number of halogens is 2. The van der Waals surface area contributed by atoms with Gasteiger partial charge in [-0.1, -0.05) is 24.3 Å². The molecule has 2 amide bonds. The summed E-state index contributed by atoms with van der Waals surface area (Å²) in [4.78, 5) is 39.5. The van der Waals surface area contributed by atoms with Crippen LogP contribution in [0.3, 0.4) is 0 Å². The van der Waals surface area contributed by atoms with Crippen molar-refractivity contribution in [3.63, 3.8) is 0 Å². The number of benzene rings is 2. The monoisotopic (exact) mass is 372 g/mol. The van der Waals surface area contributed by atoms with Gasteiger partial charge in [0.05, 0.1) is 0 Å². The molecule has 7 heteroatoms. The minimum Gasteiger partial charge on any atom is -0.338 e. The molecule has 0 radical (unpaired) electrons. The molecule has 1 saturated heterocycles. The summed E-state index contributed by atoms with van der Waals surface area (Å²) < 4.78 is 26.3. The molecule has 1 atom stereocenters. The van der Waals surface area contributed by atoms with Crippen LogP contribution in [0.1, 0.15) is 11.1 Å². The SMILES string of the molecule is CN1CC(C(=O)N(Cc2ccc(F)cc2)Cc2ccc(F)cc2)C(=O)C1=O. The molecule has 0 N–H and O–H groups in total. The topological polar surface area (TPSA) is 57.7 Å². The number of likely N-dealkylation sites (tertiary alicyclic amines) is 1. The molecule has 2 aromatic rings. The molecular weight excluding hydrogens is 354 g/mol. The van der Waals surface area contributed by atoms with E-state index in [0.717, 1.165) is 0 Å². The van der Waals surface area contributed by atoms with Gasteiger partial charge in [-0.15, -0.1) is 0 Å². The Bertz CT molecular complexity index is 818. The van der Waals surface area contributed by atoms with Crippen LogP contribution >= 0.6 is 0 Å². The van der Waals surface area contributed by atoms with Gasteiger partial charge in [-0.3, -0.25) is 14.4 Å². The molecule has 0 aromatic heterocycles. The van der Waals surface area contributed by atoms with Crippen molar-refractivity contribution in [1.82, 2.24) is 9.80 Å². The van der Waals surface area contributed by atoms with Gasteiger partial charge >= 0.3 is 0 Å². The maximum atomic E-state index is 13.1. The Morgan fingerprint density at radius 3 is 1.78 bits per heavy atom. The molecular formula is C20H18F2N2O3. The first-order valence-corrected chi connectivity index (χ1v) is 8.42. The summed E-state index contributed by atoms with van der Waals surface area (Å²) in [5.74, 6) is -3.75. The quantitative estimate of drug-likeness (QED) is 0.597. The van der Waals surface area contributed by atoms with Crippen LogP contribution in [0.5, 0.6) is 0 Å². The molecule has 1 fully saturated rings. The number of likely N-dealkylation sites (N-methyl/N-ethyl adjacent to an activating group) is 1. The third-order valence-corrected chi connectivity index (χ3v) is 4.51. The average Bonchev–Trinajstić information content (AvgIpc) is 2.91. The molecule has 1 unspecified atom stereocenters. The van der Waals surface area contributed by atoms with Gasteiger partial charge < -0.3 is 9.80 Å². The predicted molar refractivity (Wildman–Crippen MR) is 93.2 cm³/mol. The van der Waals surface area contributed by atoms with Crippen LogP contribution in [0.4, 0.5) is 8.78 Å². The third kappa shape index (κ3) is 4.19. The number of rotatable bonds is 5. The van der Waals surface area contributed by atoms with E-state index in [0.29, 0.717) is 11.1 Å². The lowest BCUT2D eigenvalue weighted by atomic mass is 10.0. The number of carbonyl (C=O) groups excluding carboxylic acids is 3. The van der Waals surface area contributed by atoms with E-state index >= 15 is 0 Å². The molecule has 1 aliphatic rings. The Hall–Kier alpha value is -3.09. The van der Waals surface area contributed by atoms with E-state index in [1.165, 1.54) is 41.1 Å². The average molecular weight is 372 g/mol. The zero-order valence-electron chi connectivity index (χ0n) is 14.7. The normalized spacial score (nSPS) is 16.7. The van der Waals surface area contributed by atoms with Crippen LogP contribution in [0, 0.1) is 17.6 Å². The van der Waals surface area contributed by atoms with Crippen molar-refractivity contribution in [3.05, 3.63) is 71.3 Å². The standard InChI is InChI=1S/C20H18F2N2O3/c1-23-12-17(18(25)20(23)27)19(26)24(10-13-2-6-15(21)7-3-13)11-14-4-8-16(22)9-5-14/h2-9,17H,10-12H2,1H3. The number of nitrogens with zero attached hydrogens (tertiary/aromatic N) is 2. The van der Waals surface area contributed by atoms with Crippen molar-refractivity contribution in [2.24, 2.45) is 5.92 Å². The van der Waals surface area contributed by atoms with Crippen LogP contribution < -0.4 is 0 Å². The minimum absolute atomic E-state index is 0.0276. The second-order valence-corrected chi connectivity index (χ2v) is 6.55. The summed E-state index contributed by atoms with van der Waals surface area (Å²) >= 11 is 0. The van der Waals surface area contributed by atoms with Crippen LogP contribution in [0.25, 0.3) is 0 Å². The van der Waals surface area contributed by atoms with E-state index in [-0.39, 0.29) is 19.6 Å². The van der Waals surface area contributed by atoms with Crippen molar-refractivity contribution >= 4 is 17.6 Å². The number of hydrogen-bond donors (Lipinski definition) is 0. The second-order valence-electron chi connectivity index (χ2n) is 6.55. The van der Waals surface area contributed by atoms with E-state index in [4.69, 9.17) is 0 Å². The Kier molecular flexibility index (Phi) is 5.30.